The van der Waals surface area contributed by atoms with E-state index >= 15 is 0 Å². The van der Waals surface area contributed by atoms with Crippen molar-refractivity contribution in [3.05, 3.63) is 54.6 Å². The summed E-state index contributed by atoms with van der Waals surface area (Å²) in [6, 6.07) is 16.1. The summed E-state index contributed by atoms with van der Waals surface area (Å²) in [4.78, 5) is 29.7. The first-order chi connectivity index (χ1) is 18.4. The predicted molar refractivity (Wildman–Crippen MR) is 150 cm³/mol. The molecule has 4 rings (SSSR count). The van der Waals surface area contributed by atoms with E-state index in [0.717, 1.165) is 31.6 Å². The van der Waals surface area contributed by atoms with Crippen LogP contribution in [0.15, 0.2) is 59.5 Å². The Balaban J connectivity index is 1.27. The quantitative estimate of drug-likeness (QED) is 0.502. The van der Waals surface area contributed by atoms with Gasteiger partial charge in [-0.15, -0.1) is 0 Å². The Bertz CT molecular complexity index is 1160. The van der Waals surface area contributed by atoms with Crippen molar-refractivity contribution in [1.29, 1.82) is 0 Å². The highest BCUT2D eigenvalue weighted by molar-refractivity contribution is 7.89. The van der Waals surface area contributed by atoms with Crippen molar-refractivity contribution in [2.75, 3.05) is 49.5 Å². The van der Waals surface area contributed by atoms with Crippen molar-refractivity contribution in [3.8, 4) is 0 Å². The van der Waals surface area contributed by atoms with Gasteiger partial charge in [0.05, 0.1) is 11.4 Å². The second kappa shape index (κ2) is 13.1. The molecule has 0 radical (unpaired) electrons. The van der Waals surface area contributed by atoms with E-state index < -0.39 is 10.0 Å². The maximum Gasteiger partial charge on any atom is 0.317 e. The van der Waals surface area contributed by atoms with Gasteiger partial charge in [-0.25, -0.2) is 13.2 Å². The first-order valence-corrected chi connectivity index (χ1v) is 15.1. The molecule has 1 heterocycles. The Kier molecular flexibility index (Phi) is 9.63. The summed E-state index contributed by atoms with van der Waals surface area (Å²) in [6.45, 7) is 4.71. The molecule has 1 saturated heterocycles. The maximum absolute atomic E-state index is 13.0. The van der Waals surface area contributed by atoms with Gasteiger partial charge in [-0.2, -0.15) is 4.31 Å². The lowest BCUT2D eigenvalue weighted by Crippen LogP contribution is -2.53. The topological polar surface area (TPSA) is 102 Å². The summed E-state index contributed by atoms with van der Waals surface area (Å²) >= 11 is 0. The molecular formula is C28H39N5O4S. The summed E-state index contributed by atoms with van der Waals surface area (Å²) in [5, 5.41) is 6.02. The predicted octanol–water partition coefficient (Wildman–Crippen LogP) is 3.89. The average Bonchev–Trinajstić information content (AvgIpc) is 2.94. The minimum atomic E-state index is -3.76. The van der Waals surface area contributed by atoms with E-state index in [1.165, 1.54) is 35.7 Å². The van der Waals surface area contributed by atoms with Crippen molar-refractivity contribution in [2.24, 2.45) is 0 Å². The van der Waals surface area contributed by atoms with Gasteiger partial charge in [0, 0.05) is 50.1 Å². The van der Waals surface area contributed by atoms with E-state index in [1.54, 1.807) is 18.2 Å². The molecule has 2 aromatic rings. The molecule has 0 atom stereocenters. The van der Waals surface area contributed by atoms with E-state index in [2.05, 4.69) is 15.5 Å². The Labute approximate surface area is 226 Å². The molecule has 38 heavy (non-hydrogen) atoms. The fraction of sp³-hybridized carbons (Fsp3) is 0.500. The van der Waals surface area contributed by atoms with E-state index in [0.29, 0.717) is 31.2 Å². The number of amides is 3. The number of nitrogens with one attached hydrogen (secondary N) is 2. The molecular weight excluding hydrogens is 502 g/mol. The van der Waals surface area contributed by atoms with Gasteiger partial charge in [0.15, 0.2) is 0 Å². The first kappa shape index (κ1) is 27.9. The summed E-state index contributed by atoms with van der Waals surface area (Å²) in [5.74, 6) is -0.386. The van der Waals surface area contributed by atoms with E-state index in [-0.39, 0.29) is 29.9 Å². The molecule has 0 unspecified atom stereocenters. The monoisotopic (exact) mass is 541 g/mol. The van der Waals surface area contributed by atoms with Crippen molar-refractivity contribution < 1.29 is 18.0 Å². The van der Waals surface area contributed by atoms with Crippen LogP contribution in [0.3, 0.4) is 0 Å². The Morgan fingerprint density at radius 3 is 2.21 bits per heavy atom. The highest BCUT2D eigenvalue weighted by atomic mass is 32.2. The number of benzene rings is 2. The van der Waals surface area contributed by atoms with Crippen LogP contribution in [-0.2, 0) is 14.8 Å². The number of piperazine rings is 1. The van der Waals surface area contributed by atoms with Gasteiger partial charge < -0.3 is 20.4 Å². The fourth-order valence-electron chi connectivity index (χ4n) is 5.07. The minimum Gasteiger partial charge on any atom is -0.368 e. The lowest BCUT2D eigenvalue weighted by molar-refractivity contribution is -0.116. The lowest BCUT2D eigenvalue weighted by atomic mass is 9.96. The van der Waals surface area contributed by atoms with Gasteiger partial charge in [0.1, 0.15) is 0 Å². The van der Waals surface area contributed by atoms with Gasteiger partial charge in [-0.1, -0.05) is 44.4 Å². The number of sulfonamides is 1. The van der Waals surface area contributed by atoms with Gasteiger partial charge in [0.25, 0.3) is 0 Å². The van der Waals surface area contributed by atoms with Crippen molar-refractivity contribution >= 4 is 33.3 Å². The van der Waals surface area contributed by atoms with Gasteiger partial charge in [0.2, 0.25) is 15.9 Å². The largest absolute Gasteiger partial charge is 0.368 e. The van der Waals surface area contributed by atoms with Gasteiger partial charge in [-0.05, 0) is 55.7 Å². The molecule has 2 fully saturated rings. The number of hydrogen-bond donors (Lipinski definition) is 2. The van der Waals surface area contributed by atoms with Crippen molar-refractivity contribution in [2.45, 2.75) is 56.4 Å². The molecule has 9 nitrogen and oxygen atoms in total. The second-order valence-electron chi connectivity index (χ2n) is 10.0. The van der Waals surface area contributed by atoms with Crippen LogP contribution in [-0.4, -0.2) is 74.9 Å². The minimum absolute atomic E-state index is 0.0426. The molecule has 0 spiro atoms. The summed E-state index contributed by atoms with van der Waals surface area (Å²) in [6.07, 6.45) is 6.41. The smallest absolute Gasteiger partial charge is 0.317 e. The summed E-state index contributed by atoms with van der Waals surface area (Å²) < 4.78 is 27.2. The standard InChI is InChI=1S/C28H39N5O4S/c1-2-17-33(38(36,37)26-11-7-4-8-12-26)22-27(34)29-24-13-15-25(16-14-24)31-18-20-32(21-19-31)28(35)30-23-9-5-3-6-10-23/h4,7-8,11-16,23H,2-3,5-6,9-10,17-22H2,1H3,(H,29,34)(H,30,35). The molecule has 2 aliphatic rings. The Morgan fingerprint density at radius 2 is 1.58 bits per heavy atom. The summed E-state index contributed by atoms with van der Waals surface area (Å²) in [5.41, 5.74) is 1.63. The number of hydrogen-bond acceptors (Lipinski definition) is 5. The third-order valence-electron chi connectivity index (χ3n) is 7.19. The van der Waals surface area contributed by atoms with Gasteiger partial charge >= 0.3 is 6.03 Å². The van der Waals surface area contributed by atoms with Crippen molar-refractivity contribution in [3.63, 3.8) is 0 Å². The number of carbonyl (C=O) groups is 2. The Morgan fingerprint density at radius 1 is 0.921 bits per heavy atom. The van der Waals surface area contributed by atoms with E-state index in [1.807, 2.05) is 36.1 Å². The highest BCUT2D eigenvalue weighted by Crippen LogP contribution is 2.21. The molecule has 0 aromatic heterocycles. The molecule has 1 saturated carbocycles. The Hall–Kier alpha value is -3.11. The maximum atomic E-state index is 13.0. The molecule has 10 heteroatoms. The van der Waals surface area contributed by atoms with Crippen LogP contribution >= 0.6 is 0 Å². The van der Waals surface area contributed by atoms with Crippen LogP contribution in [0.4, 0.5) is 16.2 Å². The number of rotatable bonds is 9. The molecule has 1 aliphatic carbocycles. The normalized spacial score (nSPS) is 16.9. The molecule has 3 amide bonds. The van der Waals surface area contributed by atoms with Crippen LogP contribution in [0.1, 0.15) is 45.4 Å². The summed E-state index contributed by atoms with van der Waals surface area (Å²) in [7, 11) is -3.76. The van der Waals surface area contributed by atoms with E-state index in [4.69, 9.17) is 0 Å². The van der Waals surface area contributed by atoms with Gasteiger partial charge in [-0.3, -0.25) is 4.79 Å². The number of carbonyl (C=O) groups excluding carboxylic acids is 2. The molecule has 0 bridgehead atoms. The second-order valence-corrected chi connectivity index (χ2v) is 11.9. The fourth-order valence-corrected chi connectivity index (χ4v) is 6.58. The molecule has 206 valence electrons. The number of anilines is 2. The molecule has 2 N–H and O–H groups in total. The first-order valence-electron chi connectivity index (χ1n) is 13.6. The third kappa shape index (κ3) is 7.26. The van der Waals surface area contributed by atoms with Crippen LogP contribution in [0.2, 0.25) is 0 Å². The number of urea groups is 1. The highest BCUT2D eigenvalue weighted by Gasteiger charge is 2.26. The zero-order valence-electron chi connectivity index (χ0n) is 22.1. The van der Waals surface area contributed by atoms with Crippen LogP contribution in [0.25, 0.3) is 0 Å². The zero-order chi connectivity index (χ0) is 27.0. The van der Waals surface area contributed by atoms with Crippen molar-refractivity contribution in [1.82, 2.24) is 14.5 Å². The zero-order valence-corrected chi connectivity index (χ0v) is 23.0. The average molecular weight is 542 g/mol. The molecule has 1 aliphatic heterocycles. The SMILES string of the molecule is CCCN(CC(=O)Nc1ccc(N2CCN(C(=O)NC3CCCCC3)CC2)cc1)S(=O)(=O)c1ccccc1. The van der Waals surface area contributed by atoms with Crippen LogP contribution < -0.4 is 15.5 Å². The van der Waals surface area contributed by atoms with Crippen LogP contribution in [0, 0.1) is 0 Å². The lowest BCUT2D eigenvalue weighted by Gasteiger charge is -2.37. The van der Waals surface area contributed by atoms with Crippen LogP contribution in [0.5, 0.6) is 0 Å². The van der Waals surface area contributed by atoms with E-state index in [9.17, 15) is 18.0 Å². The number of nitrogens with zero attached hydrogens (tertiary/aromatic N) is 3. The molecule has 2 aromatic carbocycles. The third-order valence-corrected chi connectivity index (χ3v) is 9.05.